The van der Waals surface area contributed by atoms with Crippen LogP contribution in [0.5, 0.6) is 0 Å². The fourth-order valence-electron chi connectivity index (χ4n) is 3.57. The predicted octanol–water partition coefficient (Wildman–Crippen LogP) is 3.53. The van der Waals surface area contributed by atoms with Crippen molar-refractivity contribution >= 4 is 41.1 Å². The molecule has 0 radical (unpaired) electrons. The lowest BCUT2D eigenvalue weighted by Crippen LogP contribution is -2.49. The summed E-state index contributed by atoms with van der Waals surface area (Å²) in [5.74, 6) is 0.128. The van der Waals surface area contributed by atoms with Crippen molar-refractivity contribution in [3.8, 4) is 0 Å². The third-order valence-corrected chi connectivity index (χ3v) is 5.46. The SMILES string of the molecule is CNc1ncc2c(n1)N(CCO)C(=O)N(c1ccc(F)c(NC(=O)Nc3cc(C(C)(C)C)no3)c1)C2. The maximum atomic E-state index is 14.6. The lowest BCUT2D eigenvalue weighted by atomic mass is 9.92. The second-order valence-corrected chi connectivity index (χ2v) is 9.11. The van der Waals surface area contributed by atoms with Gasteiger partial charge in [0.05, 0.1) is 31.1 Å². The van der Waals surface area contributed by atoms with Gasteiger partial charge in [-0.3, -0.25) is 15.1 Å². The summed E-state index contributed by atoms with van der Waals surface area (Å²) in [6.45, 7) is 5.68. The third kappa shape index (κ3) is 5.05. The molecule has 0 saturated carbocycles. The molecule has 1 aliphatic rings. The van der Waals surface area contributed by atoms with Crippen LogP contribution >= 0.6 is 0 Å². The van der Waals surface area contributed by atoms with E-state index in [1.54, 1.807) is 19.3 Å². The van der Waals surface area contributed by atoms with Gasteiger partial charge in [-0.05, 0) is 18.2 Å². The van der Waals surface area contributed by atoms with E-state index in [0.717, 1.165) is 6.07 Å². The Kier molecular flexibility index (Phi) is 6.75. The summed E-state index contributed by atoms with van der Waals surface area (Å²) < 4.78 is 19.7. The van der Waals surface area contributed by atoms with Gasteiger partial charge < -0.3 is 20.3 Å². The van der Waals surface area contributed by atoms with Gasteiger partial charge in [-0.1, -0.05) is 25.9 Å². The second-order valence-electron chi connectivity index (χ2n) is 9.11. The Bertz CT molecular complexity index is 1290. The standard InChI is InChI=1S/C23H27FN8O4/c1-23(2,3)17-10-18(36-30-17)28-21(34)27-16-9-14(5-6-15(16)24)32-12-13-11-26-20(25-4)29-19(13)31(7-8-33)22(32)35/h5-6,9-11,33H,7-8,12H2,1-4H3,(H,25,26,29)(H2,27,28,34). The number of hydrogen-bond donors (Lipinski definition) is 4. The van der Waals surface area contributed by atoms with Crippen LogP contribution < -0.4 is 25.8 Å². The molecular formula is C23H27FN8O4. The fraction of sp³-hybridized carbons (Fsp3) is 0.348. The number of anilines is 5. The highest BCUT2D eigenvalue weighted by atomic mass is 19.1. The van der Waals surface area contributed by atoms with Crippen molar-refractivity contribution in [3.05, 3.63) is 47.5 Å². The van der Waals surface area contributed by atoms with Crippen LogP contribution in [0.4, 0.5) is 43.0 Å². The number of β-amino-alcohol motifs (C(OH)–C–C–N with tert-alkyl or cyclic N) is 1. The van der Waals surface area contributed by atoms with Crippen LogP contribution in [0.3, 0.4) is 0 Å². The van der Waals surface area contributed by atoms with Crippen LogP contribution in [0.25, 0.3) is 0 Å². The maximum Gasteiger partial charge on any atom is 0.330 e. The molecule has 13 heteroatoms. The number of halogens is 1. The Balaban J connectivity index is 1.56. The first kappa shape index (κ1) is 24.9. The minimum Gasteiger partial charge on any atom is -0.395 e. The van der Waals surface area contributed by atoms with Gasteiger partial charge in [0.15, 0.2) is 0 Å². The number of carbonyl (C=O) groups excluding carboxylic acids is 2. The molecular weight excluding hydrogens is 471 g/mol. The number of nitrogens with one attached hydrogen (secondary N) is 3. The molecule has 12 nitrogen and oxygen atoms in total. The summed E-state index contributed by atoms with van der Waals surface area (Å²) in [7, 11) is 1.66. The number of hydrogen-bond acceptors (Lipinski definition) is 8. The molecule has 0 atom stereocenters. The van der Waals surface area contributed by atoms with Gasteiger partial charge in [0.2, 0.25) is 11.8 Å². The number of carbonyl (C=O) groups is 2. The van der Waals surface area contributed by atoms with Gasteiger partial charge in [0, 0.05) is 36.0 Å². The van der Waals surface area contributed by atoms with E-state index in [0.29, 0.717) is 28.7 Å². The summed E-state index contributed by atoms with van der Waals surface area (Å²) in [4.78, 5) is 37.0. The lowest BCUT2D eigenvalue weighted by molar-refractivity contribution is 0.245. The molecule has 0 fully saturated rings. The highest BCUT2D eigenvalue weighted by Gasteiger charge is 2.33. The molecule has 1 aromatic carbocycles. The number of nitrogens with zero attached hydrogens (tertiary/aromatic N) is 5. The summed E-state index contributed by atoms with van der Waals surface area (Å²) in [6, 6.07) is 4.31. The molecule has 2 aromatic heterocycles. The molecule has 0 bridgehead atoms. The van der Waals surface area contributed by atoms with Crippen molar-refractivity contribution < 1.29 is 23.6 Å². The number of fused-ring (bicyclic) bond motifs is 1. The van der Waals surface area contributed by atoms with E-state index in [1.165, 1.54) is 21.9 Å². The van der Waals surface area contributed by atoms with Crippen LogP contribution in [0.15, 0.2) is 35.0 Å². The Morgan fingerprint density at radius 1 is 1.25 bits per heavy atom. The van der Waals surface area contributed by atoms with Crippen LogP contribution in [0, 0.1) is 5.82 Å². The number of aliphatic hydroxyl groups is 1. The summed E-state index contributed by atoms with van der Waals surface area (Å²) in [5.41, 5.74) is 1.20. The Hall–Kier alpha value is -4.26. The van der Waals surface area contributed by atoms with Crippen LogP contribution in [0.1, 0.15) is 32.0 Å². The van der Waals surface area contributed by atoms with Crippen LogP contribution in [-0.4, -0.2) is 52.5 Å². The monoisotopic (exact) mass is 498 g/mol. The Morgan fingerprint density at radius 2 is 2.03 bits per heavy atom. The topological polar surface area (TPSA) is 149 Å². The summed E-state index contributed by atoms with van der Waals surface area (Å²) in [6.07, 6.45) is 1.58. The fourth-order valence-corrected chi connectivity index (χ4v) is 3.57. The molecule has 0 saturated heterocycles. The van der Waals surface area contributed by atoms with Gasteiger partial charge in [0.25, 0.3) is 0 Å². The normalized spacial score (nSPS) is 13.4. The minimum absolute atomic E-state index is 0.00491. The first-order chi connectivity index (χ1) is 17.1. The van der Waals surface area contributed by atoms with Crippen LogP contribution in [0.2, 0.25) is 0 Å². The van der Waals surface area contributed by atoms with Crippen molar-refractivity contribution in [1.82, 2.24) is 15.1 Å². The van der Waals surface area contributed by atoms with Crippen molar-refractivity contribution in [3.63, 3.8) is 0 Å². The van der Waals surface area contributed by atoms with Gasteiger partial charge in [-0.15, -0.1) is 0 Å². The zero-order valence-electron chi connectivity index (χ0n) is 20.3. The van der Waals surface area contributed by atoms with Gasteiger partial charge in [-0.25, -0.2) is 19.0 Å². The molecule has 36 heavy (non-hydrogen) atoms. The van der Waals surface area contributed by atoms with E-state index in [2.05, 4.69) is 31.1 Å². The zero-order chi connectivity index (χ0) is 26.0. The molecule has 4 amide bonds. The van der Waals surface area contributed by atoms with Gasteiger partial charge in [0.1, 0.15) is 11.6 Å². The smallest absolute Gasteiger partial charge is 0.330 e. The molecule has 3 aromatic rings. The molecule has 0 aliphatic carbocycles. The van der Waals surface area contributed by atoms with Gasteiger partial charge in [-0.2, -0.15) is 4.98 Å². The number of aliphatic hydroxyl groups excluding tert-OH is 1. The molecule has 190 valence electrons. The zero-order valence-corrected chi connectivity index (χ0v) is 20.3. The molecule has 3 heterocycles. The molecule has 1 aliphatic heterocycles. The van der Waals surface area contributed by atoms with E-state index < -0.39 is 17.9 Å². The third-order valence-electron chi connectivity index (χ3n) is 5.46. The summed E-state index contributed by atoms with van der Waals surface area (Å²) in [5, 5.41) is 21.2. The quantitative estimate of drug-likeness (QED) is 0.403. The van der Waals surface area contributed by atoms with E-state index >= 15 is 0 Å². The van der Waals surface area contributed by atoms with Crippen molar-refractivity contribution in [2.45, 2.75) is 32.7 Å². The number of benzene rings is 1. The molecule has 4 N–H and O–H groups in total. The largest absolute Gasteiger partial charge is 0.395 e. The molecule has 0 spiro atoms. The van der Waals surface area contributed by atoms with Crippen molar-refractivity contribution in [2.75, 3.05) is 45.9 Å². The average molecular weight is 499 g/mol. The lowest BCUT2D eigenvalue weighted by Gasteiger charge is -2.36. The number of rotatable bonds is 6. The Morgan fingerprint density at radius 3 is 2.69 bits per heavy atom. The van der Waals surface area contributed by atoms with E-state index in [1.807, 2.05) is 20.8 Å². The predicted molar refractivity (Wildman–Crippen MR) is 132 cm³/mol. The minimum atomic E-state index is -0.743. The van der Waals surface area contributed by atoms with E-state index in [-0.39, 0.29) is 36.7 Å². The highest BCUT2D eigenvalue weighted by molar-refractivity contribution is 6.06. The van der Waals surface area contributed by atoms with Crippen molar-refractivity contribution in [2.24, 2.45) is 0 Å². The first-order valence-electron chi connectivity index (χ1n) is 11.2. The number of amides is 4. The first-order valence-corrected chi connectivity index (χ1v) is 11.2. The summed E-state index contributed by atoms with van der Waals surface area (Å²) >= 11 is 0. The number of aromatic nitrogens is 3. The number of urea groups is 2. The average Bonchev–Trinajstić information content (AvgIpc) is 3.31. The van der Waals surface area contributed by atoms with Crippen LogP contribution in [-0.2, 0) is 12.0 Å². The molecule has 4 rings (SSSR count). The molecule has 0 unspecified atom stereocenters. The van der Waals surface area contributed by atoms with E-state index in [9.17, 15) is 19.1 Å². The maximum absolute atomic E-state index is 14.6. The van der Waals surface area contributed by atoms with E-state index in [4.69, 9.17) is 4.52 Å². The second kappa shape index (κ2) is 9.77. The van der Waals surface area contributed by atoms with Gasteiger partial charge >= 0.3 is 12.1 Å². The Labute approximate surface area is 206 Å². The highest BCUT2D eigenvalue weighted by Crippen LogP contribution is 2.32. The van der Waals surface area contributed by atoms with Crippen molar-refractivity contribution in [1.29, 1.82) is 0 Å².